The molecule has 1 aromatic heterocycles. The third-order valence-electron chi connectivity index (χ3n) is 2.10. The Kier molecular flexibility index (Phi) is 5.17. The maximum atomic E-state index is 11.8. The summed E-state index contributed by atoms with van der Waals surface area (Å²) in [7, 11) is -4.40. The fourth-order valence-electron chi connectivity index (χ4n) is 1.22. The molecular formula is C10H12NO7P. The highest BCUT2D eigenvalue weighted by atomic mass is 31.2. The number of carbonyl (C=O) groups is 2. The molecular weight excluding hydrogens is 277 g/mol. The van der Waals surface area contributed by atoms with Crippen LogP contribution in [0.15, 0.2) is 24.4 Å². The first-order valence-corrected chi connectivity index (χ1v) is 6.78. The Morgan fingerprint density at radius 1 is 1.37 bits per heavy atom. The quantitative estimate of drug-likeness (QED) is 0.607. The highest BCUT2D eigenvalue weighted by Crippen LogP contribution is 2.41. The van der Waals surface area contributed by atoms with Gasteiger partial charge in [0.1, 0.15) is 0 Å². The highest BCUT2D eigenvalue weighted by molar-refractivity contribution is 7.61. The van der Waals surface area contributed by atoms with Gasteiger partial charge in [0.05, 0.1) is 0 Å². The van der Waals surface area contributed by atoms with E-state index in [1.807, 2.05) is 0 Å². The number of aliphatic carboxylic acids is 2. The van der Waals surface area contributed by atoms with Crippen LogP contribution in [0.2, 0.25) is 0 Å². The number of carboxylic acids is 2. The molecule has 104 valence electrons. The molecule has 0 fully saturated rings. The Morgan fingerprint density at radius 3 is 2.53 bits per heavy atom. The van der Waals surface area contributed by atoms with Crippen LogP contribution in [0.1, 0.15) is 12.8 Å². The third kappa shape index (κ3) is 4.78. The SMILES string of the molecule is O=C(O)CCC(OP(=O)(O)c1ccccn1)C(=O)O. The second-order valence-electron chi connectivity index (χ2n) is 3.57. The maximum Gasteiger partial charge on any atom is 0.377 e. The summed E-state index contributed by atoms with van der Waals surface area (Å²) in [4.78, 5) is 34.5. The van der Waals surface area contributed by atoms with Crippen molar-refractivity contribution in [1.29, 1.82) is 0 Å². The van der Waals surface area contributed by atoms with Crippen molar-refractivity contribution in [1.82, 2.24) is 4.98 Å². The van der Waals surface area contributed by atoms with Gasteiger partial charge in [-0.05, 0) is 18.6 Å². The van der Waals surface area contributed by atoms with Gasteiger partial charge in [-0.2, -0.15) is 0 Å². The zero-order valence-electron chi connectivity index (χ0n) is 9.67. The van der Waals surface area contributed by atoms with E-state index in [1.165, 1.54) is 24.4 Å². The number of carboxylic acid groups (broad SMARTS) is 2. The van der Waals surface area contributed by atoms with Gasteiger partial charge in [0.2, 0.25) is 0 Å². The van der Waals surface area contributed by atoms with Gasteiger partial charge in [0, 0.05) is 12.6 Å². The molecule has 0 aromatic carbocycles. The molecule has 8 nitrogen and oxygen atoms in total. The molecule has 0 amide bonds. The molecule has 1 aromatic rings. The van der Waals surface area contributed by atoms with Crippen LogP contribution in [0.5, 0.6) is 0 Å². The smallest absolute Gasteiger partial charge is 0.377 e. The van der Waals surface area contributed by atoms with Crippen molar-refractivity contribution < 1.29 is 33.8 Å². The lowest BCUT2D eigenvalue weighted by Gasteiger charge is -2.16. The Bertz CT molecular complexity index is 504. The minimum absolute atomic E-state index is 0.295. The van der Waals surface area contributed by atoms with E-state index < -0.39 is 38.5 Å². The molecule has 2 atom stereocenters. The first kappa shape index (κ1) is 15.3. The maximum absolute atomic E-state index is 11.8. The van der Waals surface area contributed by atoms with E-state index in [-0.39, 0.29) is 5.44 Å². The summed E-state index contributed by atoms with van der Waals surface area (Å²) in [6.07, 6.45) is -1.33. The van der Waals surface area contributed by atoms with Crippen molar-refractivity contribution in [2.24, 2.45) is 0 Å². The van der Waals surface area contributed by atoms with Crippen LogP contribution in [0.3, 0.4) is 0 Å². The van der Waals surface area contributed by atoms with Gasteiger partial charge in [-0.15, -0.1) is 0 Å². The Balaban J connectivity index is 2.81. The lowest BCUT2D eigenvalue weighted by Crippen LogP contribution is -2.26. The molecule has 1 heterocycles. The highest BCUT2D eigenvalue weighted by Gasteiger charge is 2.32. The van der Waals surface area contributed by atoms with Gasteiger partial charge in [-0.3, -0.25) is 13.9 Å². The molecule has 1 rings (SSSR count). The molecule has 3 N–H and O–H groups in total. The minimum Gasteiger partial charge on any atom is -0.481 e. The molecule has 9 heteroatoms. The summed E-state index contributed by atoms with van der Waals surface area (Å²) in [5.41, 5.74) is -0.295. The Hall–Kier alpha value is -1.76. The molecule has 0 aliphatic carbocycles. The minimum atomic E-state index is -4.40. The summed E-state index contributed by atoms with van der Waals surface area (Å²) in [6, 6.07) is 4.18. The summed E-state index contributed by atoms with van der Waals surface area (Å²) in [5, 5.41) is 17.3. The second-order valence-corrected chi connectivity index (χ2v) is 5.28. The molecule has 0 radical (unpaired) electrons. The van der Waals surface area contributed by atoms with Crippen molar-refractivity contribution in [3.63, 3.8) is 0 Å². The van der Waals surface area contributed by atoms with Gasteiger partial charge in [0.25, 0.3) is 0 Å². The van der Waals surface area contributed by atoms with E-state index in [9.17, 15) is 19.0 Å². The van der Waals surface area contributed by atoms with Crippen LogP contribution in [0, 0.1) is 0 Å². The van der Waals surface area contributed by atoms with E-state index in [1.54, 1.807) is 0 Å². The zero-order valence-corrected chi connectivity index (χ0v) is 10.6. The van der Waals surface area contributed by atoms with Crippen LogP contribution >= 0.6 is 7.60 Å². The predicted molar refractivity (Wildman–Crippen MR) is 63.1 cm³/mol. The molecule has 0 saturated carbocycles. The van der Waals surface area contributed by atoms with Crippen LogP contribution < -0.4 is 5.44 Å². The Labute approximate surface area is 108 Å². The molecule has 2 unspecified atom stereocenters. The monoisotopic (exact) mass is 289 g/mol. The lowest BCUT2D eigenvalue weighted by atomic mass is 10.2. The molecule has 0 aliphatic heterocycles. The van der Waals surface area contributed by atoms with Gasteiger partial charge in [-0.25, -0.2) is 9.78 Å². The summed E-state index contributed by atoms with van der Waals surface area (Å²) < 4.78 is 16.5. The van der Waals surface area contributed by atoms with E-state index >= 15 is 0 Å². The van der Waals surface area contributed by atoms with Crippen molar-refractivity contribution in [2.75, 3.05) is 0 Å². The van der Waals surface area contributed by atoms with Gasteiger partial charge >= 0.3 is 19.5 Å². The average Bonchev–Trinajstić information content (AvgIpc) is 2.35. The molecule has 19 heavy (non-hydrogen) atoms. The molecule has 0 spiro atoms. The molecule has 0 aliphatic rings. The number of rotatable bonds is 7. The normalized spacial score (nSPS) is 15.4. The van der Waals surface area contributed by atoms with Crippen LogP contribution in [-0.2, 0) is 18.7 Å². The van der Waals surface area contributed by atoms with Crippen LogP contribution in [-0.4, -0.2) is 38.1 Å². The number of hydrogen-bond acceptors (Lipinski definition) is 5. The van der Waals surface area contributed by atoms with Crippen molar-refractivity contribution in [3.05, 3.63) is 24.4 Å². The van der Waals surface area contributed by atoms with Gasteiger partial charge in [0.15, 0.2) is 11.5 Å². The number of nitrogens with zero attached hydrogens (tertiary/aromatic N) is 1. The van der Waals surface area contributed by atoms with E-state index in [4.69, 9.17) is 10.2 Å². The number of pyridine rings is 1. The van der Waals surface area contributed by atoms with Gasteiger partial charge < -0.3 is 15.1 Å². The van der Waals surface area contributed by atoms with Crippen molar-refractivity contribution in [2.45, 2.75) is 18.9 Å². The second kappa shape index (κ2) is 6.42. The van der Waals surface area contributed by atoms with E-state index in [2.05, 4.69) is 9.51 Å². The topological polar surface area (TPSA) is 134 Å². The summed E-state index contributed by atoms with van der Waals surface area (Å²) in [5.74, 6) is -2.73. The molecule has 0 bridgehead atoms. The van der Waals surface area contributed by atoms with Crippen molar-refractivity contribution >= 4 is 25.0 Å². The predicted octanol–water partition coefficient (Wildman–Crippen LogP) is 0.227. The summed E-state index contributed by atoms with van der Waals surface area (Å²) >= 11 is 0. The zero-order chi connectivity index (χ0) is 14.5. The molecule has 0 saturated heterocycles. The first-order chi connectivity index (χ1) is 8.83. The average molecular weight is 289 g/mol. The fraction of sp³-hybridized carbons (Fsp3) is 0.300. The van der Waals surface area contributed by atoms with Crippen LogP contribution in [0.4, 0.5) is 0 Å². The number of hydrogen-bond donors (Lipinski definition) is 3. The fourth-order valence-corrected chi connectivity index (χ4v) is 2.36. The van der Waals surface area contributed by atoms with Crippen LogP contribution in [0.25, 0.3) is 0 Å². The largest absolute Gasteiger partial charge is 0.481 e. The number of aromatic nitrogens is 1. The lowest BCUT2D eigenvalue weighted by molar-refractivity contribution is -0.146. The van der Waals surface area contributed by atoms with E-state index in [0.717, 1.165) is 0 Å². The van der Waals surface area contributed by atoms with Gasteiger partial charge in [-0.1, -0.05) is 6.07 Å². The third-order valence-corrected chi connectivity index (χ3v) is 3.49. The summed E-state index contributed by atoms with van der Waals surface area (Å²) in [6.45, 7) is 0. The van der Waals surface area contributed by atoms with Crippen molar-refractivity contribution in [3.8, 4) is 0 Å². The Morgan fingerprint density at radius 2 is 2.05 bits per heavy atom. The standard InChI is InChI=1S/C10H12NO7P/c12-9(13)5-4-7(10(14)15)18-19(16,17)8-3-1-2-6-11-8/h1-3,6-7H,4-5H2,(H,12,13)(H,14,15)(H,16,17). The van der Waals surface area contributed by atoms with E-state index in [0.29, 0.717) is 0 Å². The first-order valence-electron chi connectivity index (χ1n) is 5.20.